The largest absolute Gasteiger partial charge is 0.389 e. The summed E-state index contributed by atoms with van der Waals surface area (Å²) < 4.78 is 0. The minimum absolute atomic E-state index is 0.200. The van der Waals surface area contributed by atoms with Gasteiger partial charge < -0.3 is 5.11 Å². The zero-order chi connectivity index (χ0) is 17.3. The standard InChI is InChI=1S/C20H25OPS2/c1-14(2)16-10-11-20(3,21)19(13-16)24-22(23)18-9-8-15-6-4-5-7-17(15)12-18/h4-9,12,16,19,21-22H,1,10-11,13H2,2-3H3/t16-,19+,20+/m0/s1. The van der Waals surface area contributed by atoms with Crippen LogP contribution >= 0.6 is 17.3 Å². The average molecular weight is 377 g/mol. The van der Waals surface area contributed by atoms with E-state index in [-0.39, 0.29) is 5.25 Å². The Morgan fingerprint density at radius 3 is 2.71 bits per heavy atom. The van der Waals surface area contributed by atoms with Gasteiger partial charge in [0, 0.05) is 11.1 Å². The van der Waals surface area contributed by atoms with Crippen LogP contribution in [0, 0.1) is 5.92 Å². The van der Waals surface area contributed by atoms with Crippen LogP contribution in [0.3, 0.4) is 0 Å². The fraction of sp³-hybridized carbons (Fsp3) is 0.400. The van der Waals surface area contributed by atoms with E-state index in [1.807, 2.05) is 18.3 Å². The van der Waals surface area contributed by atoms with Crippen molar-refractivity contribution < 1.29 is 5.11 Å². The molecule has 0 aliphatic heterocycles. The second-order valence-corrected chi connectivity index (χ2v) is 13.0. The van der Waals surface area contributed by atoms with Gasteiger partial charge in [-0.1, -0.05) is 60.4 Å². The first-order valence-electron chi connectivity index (χ1n) is 8.44. The topological polar surface area (TPSA) is 20.2 Å². The van der Waals surface area contributed by atoms with Crippen LogP contribution in [0.1, 0.15) is 33.1 Å². The molecule has 1 aliphatic carbocycles. The van der Waals surface area contributed by atoms with Crippen molar-refractivity contribution >= 4 is 45.2 Å². The molecule has 128 valence electrons. The summed E-state index contributed by atoms with van der Waals surface area (Å²) in [5, 5.41) is 14.8. The second kappa shape index (κ2) is 7.33. The highest BCUT2D eigenvalue weighted by molar-refractivity contribution is 8.66. The fourth-order valence-corrected chi connectivity index (χ4v) is 9.02. The summed E-state index contributed by atoms with van der Waals surface area (Å²) in [7, 11) is 0. The molecule has 0 saturated heterocycles. The third-order valence-electron chi connectivity index (χ3n) is 5.12. The summed E-state index contributed by atoms with van der Waals surface area (Å²) in [5.74, 6) is -0.647. The van der Waals surface area contributed by atoms with Crippen molar-refractivity contribution in [2.24, 2.45) is 5.92 Å². The number of allylic oxidation sites excluding steroid dienone is 1. The molecule has 24 heavy (non-hydrogen) atoms. The molecule has 0 amide bonds. The highest BCUT2D eigenvalue weighted by Gasteiger charge is 2.39. The Labute approximate surface area is 154 Å². The monoisotopic (exact) mass is 376 g/mol. The van der Waals surface area contributed by atoms with E-state index < -0.39 is 11.5 Å². The van der Waals surface area contributed by atoms with Crippen LogP contribution in [0.5, 0.6) is 0 Å². The minimum atomic E-state index is -1.16. The van der Waals surface area contributed by atoms with Gasteiger partial charge in [-0.25, -0.2) is 0 Å². The van der Waals surface area contributed by atoms with Crippen LogP contribution in [0.4, 0.5) is 0 Å². The van der Waals surface area contributed by atoms with Gasteiger partial charge in [0.1, 0.15) is 0 Å². The first-order valence-corrected chi connectivity index (χ1v) is 12.7. The number of benzene rings is 2. The molecular formula is C20H25OPS2. The van der Waals surface area contributed by atoms with Gasteiger partial charge in [0.05, 0.1) is 5.60 Å². The number of fused-ring (bicyclic) bond motifs is 1. The van der Waals surface area contributed by atoms with Gasteiger partial charge in [0.2, 0.25) is 0 Å². The van der Waals surface area contributed by atoms with Crippen LogP contribution in [0.2, 0.25) is 0 Å². The quantitative estimate of drug-likeness (QED) is 0.579. The lowest BCUT2D eigenvalue weighted by Gasteiger charge is -2.41. The Morgan fingerprint density at radius 1 is 1.29 bits per heavy atom. The third kappa shape index (κ3) is 3.96. The average Bonchev–Trinajstić information content (AvgIpc) is 2.55. The molecule has 1 unspecified atom stereocenters. The SMILES string of the molecule is C=C(C)[C@H]1CC[C@@](C)(O)[C@H](S[PH](=S)c2ccc3ccccc3c2)C1. The smallest absolute Gasteiger partial charge is 0.0741 e. The Hall–Kier alpha value is -0.600. The molecule has 1 nitrogen and oxygen atoms in total. The van der Waals surface area contributed by atoms with E-state index in [0.717, 1.165) is 19.3 Å². The summed E-state index contributed by atoms with van der Waals surface area (Å²) in [6.07, 6.45) is 2.87. The van der Waals surface area contributed by atoms with Crippen molar-refractivity contribution in [1.82, 2.24) is 0 Å². The van der Waals surface area contributed by atoms with Gasteiger partial charge in [-0.15, -0.1) is 11.4 Å². The van der Waals surface area contributed by atoms with Gasteiger partial charge in [-0.2, -0.15) is 0 Å². The second-order valence-electron chi connectivity index (χ2n) is 7.13. The molecule has 4 heteroatoms. The number of aliphatic hydroxyl groups is 1. The number of hydrogen-bond acceptors (Lipinski definition) is 3. The Balaban J connectivity index is 1.79. The molecule has 1 fully saturated rings. The molecule has 4 atom stereocenters. The molecule has 0 aromatic heterocycles. The van der Waals surface area contributed by atoms with E-state index in [9.17, 15) is 5.11 Å². The minimum Gasteiger partial charge on any atom is -0.389 e. The van der Waals surface area contributed by atoms with E-state index in [2.05, 4.69) is 56.0 Å². The molecule has 0 bridgehead atoms. The van der Waals surface area contributed by atoms with Crippen LogP contribution in [-0.4, -0.2) is 16.0 Å². The summed E-state index contributed by atoms with van der Waals surface area (Å²) in [5.41, 5.74) is 0.613. The fourth-order valence-electron chi connectivity index (χ4n) is 3.39. The maximum atomic E-state index is 10.8. The highest BCUT2D eigenvalue weighted by atomic mass is 32.9. The lowest BCUT2D eigenvalue weighted by molar-refractivity contribution is 0.0198. The van der Waals surface area contributed by atoms with Crippen molar-refractivity contribution in [3.05, 3.63) is 54.6 Å². The van der Waals surface area contributed by atoms with E-state index in [1.54, 1.807) is 0 Å². The van der Waals surface area contributed by atoms with E-state index in [0.29, 0.717) is 5.92 Å². The molecule has 0 radical (unpaired) electrons. The van der Waals surface area contributed by atoms with Gasteiger partial charge in [-0.05, 0) is 61.2 Å². The van der Waals surface area contributed by atoms with Crippen molar-refractivity contribution in [2.75, 3.05) is 0 Å². The normalized spacial score (nSPS) is 28.6. The molecular weight excluding hydrogens is 351 g/mol. The van der Waals surface area contributed by atoms with Crippen LogP contribution < -0.4 is 5.30 Å². The van der Waals surface area contributed by atoms with Gasteiger partial charge >= 0.3 is 0 Å². The van der Waals surface area contributed by atoms with Crippen molar-refractivity contribution in [1.29, 1.82) is 0 Å². The van der Waals surface area contributed by atoms with Crippen LogP contribution in [0.15, 0.2) is 54.6 Å². The highest BCUT2D eigenvalue weighted by Crippen LogP contribution is 2.50. The molecule has 2 aromatic rings. The lowest BCUT2D eigenvalue weighted by Crippen LogP contribution is -2.42. The Morgan fingerprint density at radius 2 is 2.00 bits per heavy atom. The molecule has 1 N–H and O–H groups in total. The number of rotatable bonds is 4. The molecule has 2 aromatic carbocycles. The van der Waals surface area contributed by atoms with E-state index >= 15 is 0 Å². The van der Waals surface area contributed by atoms with Gasteiger partial charge in [0.25, 0.3) is 0 Å². The van der Waals surface area contributed by atoms with Crippen molar-refractivity contribution in [2.45, 2.75) is 44.0 Å². The molecule has 0 heterocycles. The maximum absolute atomic E-state index is 10.8. The van der Waals surface area contributed by atoms with Crippen molar-refractivity contribution in [3.8, 4) is 0 Å². The summed E-state index contributed by atoms with van der Waals surface area (Å²) >= 11 is 7.72. The molecule has 1 aliphatic rings. The molecule has 1 saturated carbocycles. The Kier molecular flexibility index (Phi) is 5.56. The zero-order valence-electron chi connectivity index (χ0n) is 14.3. The van der Waals surface area contributed by atoms with Crippen LogP contribution in [0.25, 0.3) is 10.8 Å². The predicted molar refractivity (Wildman–Crippen MR) is 113 cm³/mol. The van der Waals surface area contributed by atoms with E-state index in [1.165, 1.54) is 21.7 Å². The first kappa shape index (κ1) is 18.2. The zero-order valence-corrected chi connectivity index (χ0v) is 16.9. The van der Waals surface area contributed by atoms with Crippen molar-refractivity contribution in [3.63, 3.8) is 0 Å². The summed E-state index contributed by atoms with van der Waals surface area (Å²) in [6.45, 7) is 8.21. The first-order chi connectivity index (χ1) is 11.4. The maximum Gasteiger partial charge on any atom is 0.0741 e. The van der Waals surface area contributed by atoms with Gasteiger partial charge in [-0.3, -0.25) is 0 Å². The van der Waals surface area contributed by atoms with Gasteiger partial charge in [0.15, 0.2) is 0 Å². The summed E-state index contributed by atoms with van der Waals surface area (Å²) in [6, 6.07) is 15.0. The van der Waals surface area contributed by atoms with Crippen LogP contribution in [-0.2, 0) is 11.8 Å². The lowest BCUT2D eigenvalue weighted by atomic mass is 9.77. The number of hydrogen-bond donors (Lipinski definition) is 1. The predicted octanol–water partition coefficient (Wildman–Crippen LogP) is 5.29. The molecule has 3 rings (SSSR count). The third-order valence-corrected chi connectivity index (χ3v) is 10.9. The Bertz CT molecular complexity index is 784. The summed E-state index contributed by atoms with van der Waals surface area (Å²) in [4.78, 5) is 0. The van der Waals surface area contributed by atoms with E-state index in [4.69, 9.17) is 11.8 Å². The molecule has 0 spiro atoms.